The van der Waals surface area contributed by atoms with Gasteiger partial charge in [-0.05, 0) is 30.7 Å². The van der Waals surface area contributed by atoms with Crippen LogP contribution in [0.5, 0.6) is 5.88 Å². The van der Waals surface area contributed by atoms with Gasteiger partial charge in [0.25, 0.3) is 5.91 Å². The molecule has 1 amide bonds. The maximum absolute atomic E-state index is 12.0. The zero-order chi connectivity index (χ0) is 20.5. The number of hydrazone groups is 1. The van der Waals surface area contributed by atoms with Gasteiger partial charge in [-0.1, -0.05) is 12.1 Å². The number of ether oxygens (including phenoxy) is 2. The summed E-state index contributed by atoms with van der Waals surface area (Å²) in [5.41, 5.74) is 5.89. The maximum Gasteiger partial charge on any atom is 0.278 e. The van der Waals surface area contributed by atoms with Crippen molar-refractivity contribution in [1.29, 1.82) is 5.26 Å². The van der Waals surface area contributed by atoms with Crippen LogP contribution in [0.1, 0.15) is 22.4 Å². The zero-order valence-electron chi connectivity index (χ0n) is 16.4. The number of hydrogen-bond acceptors (Lipinski definition) is 7. The summed E-state index contributed by atoms with van der Waals surface area (Å²) in [5, 5.41) is 13.3. The van der Waals surface area contributed by atoms with Gasteiger partial charge >= 0.3 is 0 Å². The lowest BCUT2D eigenvalue weighted by molar-refractivity contribution is -0.123. The van der Waals surface area contributed by atoms with Crippen LogP contribution in [0.25, 0.3) is 0 Å². The minimum absolute atomic E-state index is 0.105. The molecule has 1 heterocycles. The first kappa shape index (κ1) is 20.9. The number of anilines is 1. The molecule has 146 valence electrons. The molecule has 0 unspecified atom stereocenters. The number of nitrogens with zero attached hydrogens (tertiary/aromatic N) is 4. The first-order valence-electron chi connectivity index (χ1n) is 8.56. The van der Waals surface area contributed by atoms with E-state index < -0.39 is 5.91 Å². The summed E-state index contributed by atoms with van der Waals surface area (Å²) >= 11 is 0. The lowest BCUT2D eigenvalue weighted by Gasteiger charge is -2.11. The molecule has 0 bridgehead atoms. The van der Waals surface area contributed by atoms with Gasteiger partial charge in [-0.3, -0.25) is 4.79 Å². The predicted molar refractivity (Wildman–Crippen MR) is 106 cm³/mol. The lowest BCUT2D eigenvalue weighted by Crippen LogP contribution is -2.25. The van der Waals surface area contributed by atoms with Crippen molar-refractivity contribution in [3.63, 3.8) is 0 Å². The number of carbonyl (C=O) groups is 1. The Morgan fingerprint density at radius 2 is 2.07 bits per heavy atom. The molecule has 0 fully saturated rings. The second-order valence-corrected chi connectivity index (χ2v) is 6.22. The van der Waals surface area contributed by atoms with Gasteiger partial charge in [-0.15, -0.1) is 0 Å². The van der Waals surface area contributed by atoms with Gasteiger partial charge in [0.05, 0.1) is 12.8 Å². The van der Waals surface area contributed by atoms with E-state index in [1.54, 1.807) is 19.2 Å². The number of pyridine rings is 1. The maximum atomic E-state index is 12.0. The summed E-state index contributed by atoms with van der Waals surface area (Å²) in [5.74, 6) is -0.352. The Kier molecular flexibility index (Phi) is 7.48. The fraction of sp³-hybridized carbons (Fsp3) is 0.300. The quantitative estimate of drug-likeness (QED) is 0.555. The highest BCUT2D eigenvalue weighted by molar-refractivity contribution is 5.83. The third kappa shape index (κ3) is 5.79. The van der Waals surface area contributed by atoms with E-state index in [0.29, 0.717) is 11.3 Å². The molecule has 0 aliphatic rings. The Morgan fingerprint density at radius 3 is 2.68 bits per heavy atom. The third-order valence-electron chi connectivity index (χ3n) is 3.76. The van der Waals surface area contributed by atoms with E-state index in [9.17, 15) is 10.1 Å². The predicted octanol–water partition coefficient (Wildman–Crippen LogP) is 2.00. The van der Waals surface area contributed by atoms with Crippen LogP contribution in [0.15, 0.2) is 35.4 Å². The van der Waals surface area contributed by atoms with E-state index in [2.05, 4.69) is 15.5 Å². The Hall–Kier alpha value is -3.44. The van der Waals surface area contributed by atoms with Crippen molar-refractivity contribution < 1.29 is 14.3 Å². The van der Waals surface area contributed by atoms with Crippen molar-refractivity contribution in [3.05, 3.63) is 52.7 Å². The van der Waals surface area contributed by atoms with Crippen LogP contribution < -0.4 is 15.1 Å². The van der Waals surface area contributed by atoms with Crippen LogP contribution in [-0.2, 0) is 16.1 Å². The molecule has 2 rings (SSSR count). The molecular formula is C20H23N5O3. The van der Waals surface area contributed by atoms with Crippen molar-refractivity contribution in [1.82, 2.24) is 10.4 Å². The van der Waals surface area contributed by atoms with Crippen molar-refractivity contribution in [3.8, 4) is 11.9 Å². The van der Waals surface area contributed by atoms with E-state index in [0.717, 1.165) is 11.3 Å². The third-order valence-corrected chi connectivity index (χ3v) is 3.76. The molecule has 0 spiro atoms. The second-order valence-electron chi connectivity index (χ2n) is 6.22. The average molecular weight is 381 g/mol. The number of carbonyl (C=O) groups excluding carboxylic acids is 1. The molecule has 1 aromatic carbocycles. The Balaban J connectivity index is 1.94. The van der Waals surface area contributed by atoms with E-state index in [1.807, 2.05) is 49.3 Å². The Morgan fingerprint density at radius 1 is 1.36 bits per heavy atom. The molecular weight excluding hydrogens is 358 g/mol. The van der Waals surface area contributed by atoms with Gasteiger partial charge in [0.1, 0.15) is 11.6 Å². The van der Waals surface area contributed by atoms with E-state index in [-0.39, 0.29) is 24.7 Å². The minimum Gasteiger partial charge on any atom is -0.467 e. The zero-order valence-corrected chi connectivity index (χ0v) is 16.4. The first-order chi connectivity index (χ1) is 13.4. The van der Waals surface area contributed by atoms with Gasteiger partial charge in [-0.25, -0.2) is 10.4 Å². The van der Waals surface area contributed by atoms with Crippen molar-refractivity contribution >= 4 is 17.8 Å². The largest absolute Gasteiger partial charge is 0.467 e. The molecule has 0 radical (unpaired) electrons. The smallest absolute Gasteiger partial charge is 0.278 e. The first-order valence-corrected chi connectivity index (χ1v) is 8.56. The summed E-state index contributed by atoms with van der Waals surface area (Å²) < 4.78 is 10.5. The fourth-order valence-electron chi connectivity index (χ4n) is 2.41. The van der Waals surface area contributed by atoms with Crippen LogP contribution in [0.4, 0.5) is 5.69 Å². The monoisotopic (exact) mass is 381 g/mol. The standard InChI is InChI=1S/C20H23N5O3/c1-14-9-16(12-27-4)18(10-21)20(23-14)28-13-19(26)24-22-11-15-5-7-17(8-6-15)25(2)3/h5-9,11H,12-13H2,1-4H3,(H,24,26)/b22-11+. The topological polar surface area (TPSA) is 99.8 Å². The second kappa shape index (κ2) is 10.0. The van der Waals surface area contributed by atoms with E-state index in [1.165, 1.54) is 7.11 Å². The summed E-state index contributed by atoms with van der Waals surface area (Å²) in [7, 11) is 5.46. The van der Waals surface area contributed by atoms with Gasteiger partial charge in [0.15, 0.2) is 6.61 Å². The van der Waals surface area contributed by atoms with Crippen LogP contribution in [0.3, 0.4) is 0 Å². The van der Waals surface area contributed by atoms with E-state index >= 15 is 0 Å². The molecule has 28 heavy (non-hydrogen) atoms. The summed E-state index contributed by atoms with van der Waals surface area (Å²) in [6, 6.07) is 11.5. The lowest BCUT2D eigenvalue weighted by atomic mass is 10.1. The molecule has 8 heteroatoms. The molecule has 2 aromatic rings. The van der Waals surface area contributed by atoms with E-state index in [4.69, 9.17) is 9.47 Å². The summed E-state index contributed by atoms with van der Waals surface area (Å²) in [6.07, 6.45) is 1.54. The van der Waals surface area contributed by atoms with Crippen molar-refractivity contribution in [2.75, 3.05) is 32.7 Å². The summed E-state index contributed by atoms with van der Waals surface area (Å²) in [6.45, 7) is 1.72. The Labute approximate surface area is 164 Å². The highest BCUT2D eigenvalue weighted by atomic mass is 16.5. The number of aromatic nitrogens is 1. The molecule has 0 atom stereocenters. The van der Waals surface area contributed by atoms with Crippen molar-refractivity contribution in [2.45, 2.75) is 13.5 Å². The highest BCUT2D eigenvalue weighted by Crippen LogP contribution is 2.21. The number of hydrogen-bond donors (Lipinski definition) is 1. The number of amides is 1. The number of aryl methyl sites for hydroxylation is 1. The number of nitriles is 1. The number of methoxy groups -OCH3 is 1. The van der Waals surface area contributed by atoms with Crippen LogP contribution in [0, 0.1) is 18.3 Å². The highest BCUT2D eigenvalue weighted by Gasteiger charge is 2.14. The SMILES string of the molecule is COCc1cc(C)nc(OCC(=O)N/N=C/c2ccc(N(C)C)cc2)c1C#N. The molecule has 0 aliphatic heterocycles. The number of nitrogens with one attached hydrogen (secondary N) is 1. The van der Waals surface area contributed by atoms with Crippen LogP contribution >= 0.6 is 0 Å². The van der Waals surface area contributed by atoms with Gasteiger partial charge < -0.3 is 14.4 Å². The molecule has 0 saturated carbocycles. The molecule has 0 aliphatic carbocycles. The summed E-state index contributed by atoms with van der Waals surface area (Å²) in [4.78, 5) is 18.1. The minimum atomic E-state index is -0.457. The van der Waals surface area contributed by atoms with Gasteiger partial charge in [-0.2, -0.15) is 10.4 Å². The normalized spacial score (nSPS) is 10.5. The number of benzene rings is 1. The molecule has 1 N–H and O–H groups in total. The van der Waals surface area contributed by atoms with Crippen LogP contribution in [0.2, 0.25) is 0 Å². The molecule has 0 saturated heterocycles. The van der Waals surface area contributed by atoms with Gasteiger partial charge in [0, 0.05) is 38.1 Å². The fourth-order valence-corrected chi connectivity index (χ4v) is 2.41. The molecule has 1 aromatic heterocycles. The molecule has 8 nitrogen and oxygen atoms in total. The number of rotatable bonds is 8. The van der Waals surface area contributed by atoms with Crippen molar-refractivity contribution in [2.24, 2.45) is 5.10 Å². The Bertz CT molecular complexity index is 886. The average Bonchev–Trinajstić information content (AvgIpc) is 2.67. The van der Waals surface area contributed by atoms with Crippen LogP contribution in [-0.4, -0.2) is 44.9 Å². The van der Waals surface area contributed by atoms with Gasteiger partial charge in [0.2, 0.25) is 5.88 Å².